The topological polar surface area (TPSA) is 72.2 Å². The fourth-order valence-corrected chi connectivity index (χ4v) is 2.88. The van der Waals surface area contributed by atoms with E-state index in [0.717, 1.165) is 18.4 Å². The van der Waals surface area contributed by atoms with Crippen molar-refractivity contribution in [2.45, 2.75) is 25.7 Å². The Morgan fingerprint density at radius 1 is 1.05 bits per heavy atom. The summed E-state index contributed by atoms with van der Waals surface area (Å²) in [7, 11) is 0. The van der Waals surface area contributed by atoms with Crippen molar-refractivity contribution in [3.63, 3.8) is 0 Å². The molecule has 0 heterocycles. The third kappa shape index (κ3) is 3.17. The summed E-state index contributed by atoms with van der Waals surface area (Å²) in [5, 5.41) is 2.81. The van der Waals surface area contributed by atoms with Crippen LogP contribution in [0.25, 0.3) is 0 Å². The number of anilines is 1. The lowest BCUT2D eigenvalue weighted by Gasteiger charge is -2.08. The maximum Gasteiger partial charge on any atom is 0.248 e. The number of benzene rings is 2. The molecule has 112 valence electrons. The van der Waals surface area contributed by atoms with Crippen molar-refractivity contribution in [3.8, 4) is 0 Å². The molecule has 0 fully saturated rings. The number of fused-ring (bicyclic) bond motifs is 1. The van der Waals surface area contributed by atoms with Crippen molar-refractivity contribution in [1.29, 1.82) is 0 Å². The largest absolute Gasteiger partial charge is 0.366 e. The highest BCUT2D eigenvalue weighted by Gasteiger charge is 2.12. The maximum atomic E-state index is 12.1. The highest BCUT2D eigenvalue weighted by molar-refractivity contribution is 5.96. The summed E-state index contributed by atoms with van der Waals surface area (Å²) in [6.07, 6.45) is 3.77. The summed E-state index contributed by atoms with van der Waals surface area (Å²) in [6.45, 7) is 0. The molecule has 0 saturated heterocycles. The summed E-state index contributed by atoms with van der Waals surface area (Å²) in [5.74, 6) is -0.603. The zero-order valence-corrected chi connectivity index (χ0v) is 12.3. The number of rotatable bonds is 4. The van der Waals surface area contributed by atoms with Crippen molar-refractivity contribution in [2.24, 2.45) is 5.73 Å². The monoisotopic (exact) mass is 294 g/mol. The summed E-state index contributed by atoms with van der Waals surface area (Å²) in [6, 6.07) is 12.9. The Bertz CT molecular complexity index is 738. The van der Waals surface area contributed by atoms with Crippen molar-refractivity contribution >= 4 is 17.5 Å². The van der Waals surface area contributed by atoms with Crippen LogP contribution in [0, 0.1) is 0 Å². The number of amides is 2. The van der Waals surface area contributed by atoms with Crippen molar-refractivity contribution < 1.29 is 9.59 Å². The summed E-state index contributed by atoms with van der Waals surface area (Å²) in [5.41, 5.74) is 9.99. The van der Waals surface area contributed by atoms with Crippen LogP contribution >= 0.6 is 0 Å². The van der Waals surface area contributed by atoms with Gasteiger partial charge in [-0.25, -0.2) is 0 Å². The van der Waals surface area contributed by atoms with E-state index in [-0.39, 0.29) is 5.91 Å². The van der Waals surface area contributed by atoms with Crippen LogP contribution in [0.15, 0.2) is 42.5 Å². The highest BCUT2D eigenvalue weighted by Crippen LogP contribution is 2.23. The van der Waals surface area contributed by atoms with Gasteiger partial charge in [-0.15, -0.1) is 0 Å². The van der Waals surface area contributed by atoms with Crippen molar-refractivity contribution in [2.75, 3.05) is 5.32 Å². The molecule has 0 aromatic heterocycles. The Labute approximate surface area is 129 Å². The number of nitrogens with two attached hydrogens (primary N) is 1. The molecule has 0 bridgehead atoms. The van der Waals surface area contributed by atoms with Gasteiger partial charge in [-0.2, -0.15) is 0 Å². The fraction of sp³-hybridized carbons (Fsp3) is 0.222. The van der Waals surface area contributed by atoms with Crippen molar-refractivity contribution in [1.82, 2.24) is 0 Å². The molecule has 2 aromatic rings. The molecule has 22 heavy (non-hydrogen) atoms. The van der Waals surface area contributed by atoms with E-state index in [1.54, 1.807) is 24.3 Å². The standard InChI is InChI=1S/C18H18N2O2/c19-18(22)15-5-2-6-16(11-15)20-17(21)10-12-7-8-13-3-1-4-14(13)9-12/h2,5-9,11H,1,3-4,10H2,(H2,19,22)(H,20,21). The molecule has 0 spiro atoms. The summed E-state index contributed by atoms with van der Waals surface area (Å²) < 4.78 is 0. The molecule has 1 aliphatic carbocycles. The van der Waals surface area contributed by atoms with Gasteiger partial charge in [0.1, 0.15) is 0 Å². The Balaban J connectivity index is 1.67. The van der Waals surface area contributed by atoms with Gasteiger partial charge >= 0.3 is 0 Å². The molecule has 4 nitrogen and oxygen atoms in total. The van der Waals surface area contributed by atoms with E-state index < -0.39 is 5.91 Å². The van der Waals surface area contributed by atoms with E-state index in [9.17, 15) is 9.59 Å². The van der Waals surface area contributed by atoms with Crippen LogP contribution in [-0.4, -0.2) is 11.8 Å². The molecular weight excluding hydrogens is 276 g/mol. The van der Waals surface area contributed by atoms with E-state index in [0.29, 0.717) is 17.7 Å². The van der Waals surface area contributed by atoms with Gasteiger partial charge in [-0.05, 0) is 54.2 Å². The van der Waals surface area contributed by atoms with E-state index in [1.165, 1.54) is 17.5 Å². The maximum absolute atomic E-state index is 12.1. The molecule has 3 rings (SSSR count). The van der Waals surface area contributed by atoms with Crippen LogP contribution in [0.1, 0.15) is 33.5 Å². The van der Waals surface area contributed by atoms with Crippen LogP contribution < -0.4 is 11.1 Å². The Kier molecular flexibility index (Phi) is 3.92. The number of carbonyl (C=O) groups is 2. The molecule has 1 aliphatic rings. The van der Waals surface area contributed by atoms with Gasteiger partial charge in [0.15, 0.2) is 0 Å². The van der Waals surface area contributed by atoms with Gasteiger partial charge in [0, 0.05) is 11.3 Å². The Hall–Kier alpha value is -2.62. The van der Waals surface area contributed by atoms with Crippen LogP contribution in [0.4, 0.5) is 5.69 Å². The summed E-state index contributed by atoms with van der Waals surface area (Å²) in [4.78, 5) is 23.3. The number of hydrogen-bond donors (Lipinski definition) is 2. The van der Waals surface area contributed by atoms with Gasteiger partial charge in [-0.3, -0.25) is 9.59 Å². The number of primary amides is 1. The van der Waals surface area contributed by atoms with E-state index >= 15 is 0 Å². The lowest BCUT2D eigenvalue weighted by Crippen LogP contribution is -2.16. The van der Waals surface area contributed by atoms with Gasteiger partial charge in [0.05, 0.1) is 6.42 Å². The van der Waals surface area contributed by atoms with Gasteiger partial charge in [-0.1, -0.05) is 24.3 Å². The third-order valence-electron chi connectivity index (χ3n) is 3.96. The first kappa shape index (κ1) is 14.3. The Morgan fingerprint density at radius 2 is 1.86 bits per heavy atom. The number of nitrogens with one attached hydrogen (secondary N) is 1. The minimum absolute atomic E-state index is 0.0976. The van der Waals surface area contributed by atoms with Crippen LogP contribution in [0.5, 0.6) is 0 Å². The molecule has 2 aromatic carbocycles. The fourth-order valence-electron chi connectivity index (χ4n) is 2.88. The van der Waals surface area contributed by atoms with E-state index in [1.807, 2.05) is 6.07 Å². The smallest absolute Gasteiger partial charge is 0.248 e. The molecule has 2 amide bonds. The lowest BCUT2D eigenvalue weighted by atomic mass is 10.0. The van der Waals surface area contributed by atoms with E-state index in [2.05, 4.69) is 17.4 Å². The van der Waals surface area contributed by atoms with Gasteiger partial charge in [0.2, 0.25) is 11.8 Å². The normalized spacial score (nSPS) is 12.7. The minimum atomic E-state index is -0.505. The van der Waals surface area contributed by atoms with Crippen LogP contribution in [0.2, 0.25) is 0 Å². The second-order valence-corrected chi connectivity index (χ2v) is 5.63. The van der Waals surface area contributed by atoms with Gasteiger partial charge in [0.25, 0.3) is 0 Å². The quantitative estimate of drug-likeness (QED) is 0.909. The first-order valence-corrected chi connectivity index (χ1v) is 7.42. The van der Waals surface area contributed by atoms with Crippen LogP contribution in [0.3, 0.4) is 0 Å². The molecule has 4 heteroatoms. The molecule has 0 saturated carbocycles. The molecule has 3 N–H and O–H groups in total. The summed E-state index contributed by atoms with van der Waals surface area (Å²) >= 11 is 0. The van der Waals surface area contributed by atoms with Crippen molar-refractivity contribution in [3.05, 3.63) is 64.7 Å². The molecule has 0 radical (unpaired) electrons. The SMILES string of the molecule is NC(=O)c1cccc(NC(=O)Cc2ccc3c(c2)CCC3)c1. The van der Waals surface area contributed by atoms with Gasteiger partial charge < -0.3 is 11.1 Å². The zero-order chi connectivity index (χ0) is 15.5. The minimum Gasteiger partial charge on any atom is -0.366 e. The predicted molar refractivity (Wildman–Crippen MR) is 85.8 cm³/mol. The number of carbonyl (C=O) groups excluding carboxylic acids is 2. The molecule has 0 aliphatic heterocycles. The van der Waals surface area contributed by atoms with E-state index in [4.69, 9.17) is 5.73 Å². The number of hydrogen-bond acceptors (Lipinski definition) is 2. The predicted octanol–water partition coefficient (Wildman–Crippen LogP) is 2.46. The second-order valence-electron chi connectivity index (χ2n) is 5.63. The average molecular weight is 294 g/mol. The van der Waals surface area contributed by atoms with Crippen LogP contribution in [-0.2, 0) is 24.1 Å². The first-order valence-electron chi connectivity index (χ1n) is 7.42. The second kappa shape index (κ2) is 6.02. The number of aryl methyl sites for hydroxylation is 2. The first-order chi connectivity index (χ1) is 10.6. The Morgan fingerprint density at radius 3 is 2.68 bits per heavy atom. The molecule has 0 unspecified atom stereocenters. The molecule has 0 atom stereocenters. The zero-order valence-electron chi connectivity index (χ0n) is 12.3. The highest BCUT2D eigenvalue weighted by atomic mass is 16.2. The third-order valence-corrected chi connectivity index (χ3v) is 3.96. The molecular formula is C18H18N2O2. The lowest BCUT2D eigenvalue weighted by molar-refractivity contribution is -0.115. The average Bonchev–Trinajstić information content (AvgIpc) is 2.95.